The fourth-order valence-electron chi connectivity index (χ4n) is 3.63. The third kappa shape index (κ3) is 6.09. The number of ether oxygens (including phenoxy) is 1. The second-order valence-electron chi connectivity index (χ2n) is 7.90. The lowest BCUT2D eigenvalue weighted by atomic mass is 9.89. The average Bonchev–Trinajstić information content (AvgIpc) is 2.77. The fraction of sp³-hybridized carbons (Fsp3) is 0.391. The molecule has 1 aliphatic carbocycles. The number of nitrogens with one attached hydrogen (secondary N) is 1. The highest BCUT2D eigenvalue weighted by Crippen LogP contribution is 2.24. The van der Waals surface area contributed by atoms with Gasteiger partial charge in [0.05, 0.1) is 10.9 Å². The summed E-state index contributed by atoms with van der Waals surface area (Å²) in [7, 11) is -2.61. The van der Waals surface area contributed by atoms with Crippen LogP contribution in [0.2, 0.25) is 5.02 Å². The maximum absolute atomic E-state index is 12.5. The Bertz CT molecular complexity index is 1090. The molecule has 1 aliphatic rings. The minimum atomic E-state index is -3.88. The number of carbonyl (C=O) groups excluding carboxylic acids is 2. The minimum Gasteiger partial charge on any atom is -0.455 e. The third-order valence-electron chi connectivity index (χ3n) is 5.49. The van der Waals surface area contributed by atoms with E-state index in [1.165, 1.54) is 55.3 Å². The largest absolute Gasteiger partial charge is 0.455 e. The number of aryl methyl sites for hydroxylation is 2. The number of hydrogen-bond acceptors (Lipinski definition) is 5. The normalized spacial score (nSPS) is 14.5. The molecule has 172 valence electrons. The molecule has 0 aliphatic heterocycles. The highest BCUT2D eigenvalue weighted by molar-refractivity contribution is 7.89. The molecule has 7 nitrogen and oxygen atoms in total. The molecule has 1 amide bonds. The summed E-state index contributed by atoms with van der Waals surface area (Å²) in [6, 6.07) is 11.6. The Balaban J connectivity index is 1.49. The molecular weight excluding hydrogens is 452 g/mol. The van der Waals surface area contributed by atoms with Gasteiger partial charge in [-0.15, -0.1) is 0 Å². The van der Waals surface area contributed by atoms with Gasteiger partial charge < -0.3 is 10.1 Å². The predicted molar refractivity (Wildman–Crippen MR) is 122 cm³/mol. The number of nitrogens with zero attached hydrogens (tertiary/aromatic N) is 1. The lowest BCUT2D eigenvalue weighted by Gasteiger charge is -2.20. The van der Waals surface area contributed by atoms with E-state index in [2.05, 4.69) is 17.4 Å². The molecule has 0 bridgehead atoms. The summed E-state index contributed by atoms with van der Waals surface area (Å²) >= 11 is 5.78. The van der Waals surface area contributed by atoms with E-state index in [0.717, 1.165) is 22.7 Å². The molecule has 32 heavy (non-hydrogen) atoms. The smallest absolute Gasteiger partial charge is 0.321 e. The van der Waals surface area contributed by atoms with Crippen molar-refractivity contribution < 1.29 is 22.7 Å². The number of sulfonamides is 1. The maximum atomic E-state index is 12.5. The van der Waals surface area contributed by atoms with Crippen LogP contribution in [-0.4, -0.2) is 44.8 Å². The van der Waals surface area contributed by atoms with Gasteiger partial charge in [0.25, 0.3) is 5.91 Å². The Morgan fingerprint density at radius 3 is 2.44 bits per heavy atom. The van der Waals surface area contributed by atoms with Crippen molar-refractivity contribution in [1.29, 1.82) is 0 Å². The quantitative estimate of drug-likeness (QED) is 0.588. The molecule has 2 aromatic rings. The molecule has 2 aromatic carbocycles. The summed E-state index contributed by atoms with van der Waals surface area (Å²) in [4.78, 5) is 24.3. The van der Waals surface area contributed by atoms with Crippen LogP contribution < -0.4 is 5.32 Å². The number of rotatable bonds is 8. The van der Waals surface area contributed by atoms with Gasteiger partial charge in [-0.05, 0) is 73.6 Å². The van der Waals surface area contributed by atoms with Crippen LogP contribution in [0.4, 0.5) is 0 Å². The number of fused-ring (bicyclic) bond motifs is 1. The van der Waals surface area contributed by atoms with Gasteiger partial charge in [0.15, 0.2) is 6.61 Å². The van der Waals surface area contributed by atoms with Crippen molar-refractivity contribution in [1.82, 2.24) is 9.62 Å². The summed E-state index contributed by atoms with van der Waals surface area (Å²) in [5.74, 6) is -1.27. The van der Waals surface area contributed by atoms with E-state index in [-0.39, 0.29) is 10.9 Å². The van der Waals surface area contributed by atoms with Gasteiger partial charge in [-0.1, -0.05) is 29.8 Å². The summed E-state index contributed by atoms with van der Waals surface area (Å²) in [6.07, 6.45) is 4.53. The zero-order valence-corrected chi connectivity index (χ0v) is 19.7. The number of benzene rings is 2. The molecule has 0 aromatic heterocycles. The van der Waals surface area contributed by atoms with E-state index in [0.29, 0.717) is 5.02 Å². The summed E-state index contributed by atoms with van der Waals surface area (Å²) < 4.78 is 30.9. The molecule has 3 rings (SSSR count). The van der Waals surface area contributed by atoms with Gasteiger partial charge in [0.1, 0.15) is 6.54 Å². The van der Waals surface area contributed by atoms with Crippen molar-refractivity contribution in [3.8, 4) is 0 Å². The SMILES string of the molecule is CC(NC(=O)COC(=O)CN(C)S(=O)(=O)c1ccc(Cl)cc1)c1ccc2c(c1)CCCC2. The highest BCUT2D eigenvalue weighted by atomic mass is 35.5. The first-order valence-corrected chi connectivity index (χ1v) is 12.3. The van der Waals surface area contributed by atoms with Gasteiger partial charge >= 0.3 is 5.97 Å². The van der Waals surface area contributed by atoms with Gasteiger partial charge in [0, 0.05) is 12.1 Å². The van der Waals surface area contributed by atoms with Crippen molar-refractivity contribution in [3.63, 3.8) is 0 Å². The third-order valence-corrected chi connectivity index (χ3v) is 7.56. The van der Waals surface area contributed by atoms with Gasteiger partial charge in [-0.25, -0.2) is 8.42 Å². The molecule has 1 atom stereocenters. The molecule has 0 radical (unpaired) electrons. The van der Waals surface area contributed by atoms with Crippen molar-refractivity contribution >= 4 is 33.5 Å². The minimum absolute atomic E-state index is 0.00816. The average molecular weight is 479 g/mol. The maximum Gasteiger partial charge on any atom is 0.321 e. The molecule has 0 spiro atoms. The first kappa shape index (κ1) is 24.2. The summed E-state index contributed by atoms with van der Waals surface area (Å²) in [5.41, 5.74) is 3.69. The van der Waals surface area contributed by atoms with Crippen LogP contribution in [0.15, 0.2) is 47.4 Å². The number of esters is 1. The number of likely N-dealkylation sites (N-methyl/N-ethyl adjacent to an activating group) is 1. The van der Waals surface area contributed by atoms with Gasteiger partial charge in [-0.3, -0.25) is 9.59 Å². The first-order chi connectivity index (χ1) is 15.2. The first-order valence-electron chi connectivity index (χ1n) is 10.5. The van der Waals surface area contributed by atoms with E-state index < -0.39 is 35.1 Å². The zero-order valence-electron chi connectivity index (χ0n) is 18.1. The van der Waals surface area contributed by atoms with Crippen molar-refractivity contribution in [2.24, 2.45) is 0 Å². The Hall–Kier alpha value is -2.42. The van der Waals surface area contributed by atoms with Crippen LogP contribution in [0.25, 0.3) is 0 Å². The van der Waals surface area contributed by atoms with Gasteiger partial charge in [-0.2, -0.15) is 4.31 Å². The Morgan fingerprint density at radius 2 is 1.75 bits per heavy atom. The zero-order chi connectivity index (χ0) is 23.3. The lowest BCUT2D eigenvalue weighted by Crippen LogP contribution is -2.36. The molecule has 0 heterocycles. The van der Waals surface area contributed by atoms with Gasteiger partial charge in [0.2, 0.25) is 10.0 Å². The van der Waals surface area contributed by atoms with Crippen molar-refractivity contribution in [2.45, 2.75) is 43.5 Å². The van der Waals surface area contributed by atoms with Crippen LogP contribution in [-0.2, 0) is 37.2 Å². The van der Waals surface area contributed by atoms with E-state index >= 15 is 0 Å². The number of halogens is 1. The second kappa shape index (κ2) is 10.5. The molecule has 0 saturated heterocycles. The lowest BCUT2D eigenvalue weighted by molar-refractivity contribution is -0.148. The monoisotopic (exact) mass is 478 g/mol. The Kier molecular flexibility index (Phi) is 7.92. The number of amides is 1. The topological polar surface area (TPSA) is 92.8 Å². The fourth-order valence-corrected chi connectivity index (χ4v) is 4.88. The van der Waals surface area contributed by atoms with Crippen LogP contribution in [0.1, 0.15) is 42.5 Å². The van der Waals surface area contributed by atoms with Crippen LogP contribution in [0.5, 0.6) is 0 Å². The standard InChI is InChI=1S/C23H27ClN2O5S/c1-16(18-8-7-17-5-3-4-6-19(17)13-18)25-22(27)15-31-23(28)14-26(2)32(29,30)21-11-9-20(24)10-12-21/h7-13,16H,3-6,14-15H2,1-2H3,(H,25,27). The van der Waals surface area contributed by atoms with Crippen molar-refractivity contribution in [3.05, 3.63) is 64.2 Å². The predicted octanol–water partition coefficient (Wildman–Crippen LogP) is 3.26. The van der Waals surface area contributed by atoms with E-state index in [1.807, 2.05) is 13.0 Å². The molecule has 0 fully saturated rings. The molecular formula is C23H27ClN2O5S. The summed E-state index contributed by atoms with van der Waals surface area (Å²) in [5, 5.41) is 3.22. The van der Waals surface area contributed by atoms with Crippen LogP contribution >= 0.6 is 11.6 Å². The molecule has 9 heteroatoms. The highest BCUT2D eigenvalue weighted by Gasteiger charge is 2.24. The second-order valence-corrected chi connectivity index (χ2v) is 10.4. The molecule has 0 saturated carbocycles. The van der Waals surface area contributed by atoms with E-state index in [9.17, 15) is 18.0 Å². The summed E-state index contributed by atoms with van der Waals surface area (Å²) in [6.45, 7) is 0.873. The molecule has 1 unspecified atom stereocenters. The number of carbonyl (C=O) groups is 2. The van der Waals surface area contributed by atoms with Crippen LogP contribution in [0.3, 0.4) is 0 Å². The Morgan fingerprint density at radius 1 is 1.09 bits per heavy atom. The van der Waals surface area contributed by atoms with E-state index in [1.54, 1.807) is 0 Å². The van der Waals surface area contributed by atoms with E-state index in [4.69, 9.17) is 16.3 Å². The molecule has 1 N–H and O–H groups in total. The number of hydrogen-bond donors (Lipinski definition) is 1. The van der Waals surface area contributed by atoms with Crippen LogP contribution in [0, 0.1) is 0 Å². The Labute approximate surface area is 193 Å². The van der Waals surface area contributed by atoms with Crippen molar-refractivity contribution in [2.75, 3.05) is 20.2 Å².